The molecule has 3 amide bonds. The molecule has 2 aromatic heterocycles. The van der Waals surface area contributed by atoms with Crippen molar-refractivity contribution in [3.8, 4) is 0 Å². The molecule has 1 fully saturated rings. The van der Waals surface area contributed by atoms with E-state index in [9.17, 15) is 9.59 Å². The van der Waals surface area contributed by atoms with E-state index in [4.69, 9.17) is 4.42 Å². The third-order valence-electron chi connectivity index (χ3n) is 4.64. The molecule has 3 heterocycles. The molecule has 1 atom stereocenters. The predicted octanol–water partition coefficient (Wildman–Crippen LogP) is 1.90. The minimum absolute atomic E-state index is 0.136. The molecule has 1 N–H and O–H groups in total. The second kappa shape index (κ2) is 8.70. The van der Waals surface area contributed by atoms with Gasteiger partial charge in [-0.05, 0) is 31.9 Å². The molecule has 0 aromatic carbocycles. The average Bonchev–Trinajstić information content (AvgIpc) is 3.29. The van der Waals surface area contributed by atoms with Crippen molar-refractivity contribution in [2.75, 3.05) is 26.2 Å². The van der Waals surface area contributed by atoms with Crippen LogP contribution in [0.4, 0.5) is 4.79 Å². The maximum absolute atomic E-state index is 12.7. The number of carbonyl (C=O) groups excluding carboxylic acids is 2. The molecule has 9 nitrogen and oxygen atoms in total. The van der Waals surface area contributed by atoms with Crippen molar-refractivity contribution >= 4 is 11.9 Å². The molecule has 2 aromatic rings. The summed E-state index contributed by atoms with van der Waals surface area (Å²) in [5.41, 5.74) is 0. The lowest BCUT2D eigenvalue weighted by molar-refractivity contribution is 0.0730. The molecule has 0 saturated carbocycles. The minimum Gasteiger partial charge on any atom is -0.459 e. The number of aryl methyl sites for hydroxylation is 1. The fourth-order valence-corrected chi connectivity index (χ4v) is 3.23. The van der Waals surface area contributed by atoms with Crippen LogP contribution in [0.15, 0.2) is 29.1 Å². The Hall–Kier alpha value is -2.84. The van der Waals surface area contributed by atoms with Crippen LogP contribution in [0.3, 0.4) is 0 Å². The van der Waals surface area contributed by atoms with Gasteiger partial charge in [-0.2, -0.15) is 0 Å². The zero-order valence-electron chi connectivity index (χ0n) is 15.8. The summed E-state index contributed by atoms with van der Waals surface area (Å²) in [5.74, 6) is 0.940. The van der Waals surface area contributed by atoms with Crippen LogP contribution in [-0.2, 0) is 6.54 Å². The second-order valence-electron chi connectivity index (χ2n) is 6.66. The monoisotopic (exact) mass is 374 g/mol. The molecule has 0 bridgehead atoms. The summed E-state index contributed by atoms with van der Waals surface area (Å²) in [6, 6.07) is 2.96. The van der Waals surface area contributed by atoms with E-state index in [0.717, 1.165) is 25.2 Å². The quantitative estimate of drug-likeness (QED) is 0.862. The van der Waals surface area contributed by atoms with Crippen molar-refractivity contribution in [2.24, 2.45) is 0 Å². The van der Waals surface area contributed by atoms with Crippen LogP contribution in [0.25, 0.3) is 0 Å². The summed E-state index contributed by atoms with van der Waals surface area (Å²) in [7, 11) is 0. The fraction of sp³-hybridized carbons (Fsp3) is 0.556. The average molecular weight is 374 g/mol. The molecule has 0 spiro atoms. The fourth-order valence-electron chi connectivity index (χ4n) is 3.23. The number of amides is 3. The topological polar surface area (TPSA) is 96.5 Å². The summed E-state index contributed by atoms with van der Waals surface area (Å²) in [6.07, 6.45) is 4.87. The van der Waals surface area contributed by atoms with Gasteiger partial charge < -0.3 is 24.1 Å². The highest BCUT2D eigenvalue weighted by atomic mass is 16.3. The molecule has 0 aliphatic carbocycles. The molecule has 9 heteroatoms. The van der Waals surface area contributed by atoms with E-state index in [2.05, 4.69) is 22.4 Å². The highest BCUT2D eigenvalue weighted by Gasteiger charge is 2.25. The van der Waals surface area contributed by atoms with Crippen molar-refractivity contribution in [3.63, 3.8) is 0 Å². The standard InChI is InChI=1S/C18H26N6O3/c1-3-7-24-13-19-21-16(24)14(2)20-18(26)23-9-5-8-22(10-11-23)17(25)15-6-4-12-27-15/h4,6,12-14H,3,5,7-11H2,1-2H3,(H,20,26). The zero-order chi connectivity index (χ0) is 19.2. The lowest BCUT2D eigenvalue weighted by atomic mass is 10.3. The minimum atomic E-state index is -0.240. The lowest BCUT2D eigenvalue weighted by Crippen LogP contribution is -2.43. The number of furan rings is 1. The van der Waals surface area contributed by atoms with Gasteiger partial charge >= 0.3 is 6.03 Å². The molecule has 3 rings (SSSR count). The zero-order valence-corrected chi connectivity index (χ0v) is 15.8. The van der Waals surface area contributed by atoms with E-state index in [1.807, 2.05) is 11.5 Å². The Balaban J connectivity index is 1.56. The van der Waals surface area contributed by atoms with E-state index in [1.165, 1.54) is 6.26 Å². The van der Waals surface area contributed by atoms with Gasteiger partial charge in [-0.3, -0.25) is 4.79 Å². The van der Waals surface area contributed by atoms with Crippen LogP contribution in [0.1, 0.15) is 49.1 Å². The van der Waals surface area contributed by atoms with Gasteiger partial charge in [0.05, 0.1) is 12.3 Å². The van der Waals surface area contributed by atoms with Crippen molar-refractivity contribution in [1.29, 1.82) is 0 Å². The van der Waals surface area contributed by atoms with Gasteiger partial charge in [0.2, 0.25) is 0 Å². The van der Waals surface area contributed by atoms with Crippen LogP contribution in [-0.4, -0.2) is 62.7 Å². The normalized spacial score (nSPS) is 16.1. The number of nitrogens with zero attached hydrogens (tertiary/aromatic N) is 5. The van der Waals surface area contributed by atoms with Gasteiger partial charge in [-0.1, -0.05) is 6.92 Å². The van der Waals surface area contributed by atoms with Crippen LogP contribution in [0.5, 0.6) is 0 Å². The van der Waals surface area contributed by atoms with Crippen LogP contribution in [0.2, 0.25) is 0 Å². The van der Waals surface area contributed by atoms with Crippen LogP contribution < -0.4 is 5.32 Å². The highest BCUT2D eigenvalue weighted by molar-refractivity contribution is 5.91. The summed E-state index contributed by atoms with van der Waals surface area (Å²) in [4.78, 5) is 28.6. The Morgan fingerprint density at radius 1 is 1.26 bits per heavy atom. The SMILES string of the molecule is CCCn1cnnc1C(C)NC(=O)N1CCCN(C(=O)c2ccco2)CC1. The van der Waals surface area contributed by atoms with E-state index in [-0.39, 0.29) is 18.0 Å². The second-order valence-corrected chi connectivity index (χ2v) is 6.66. The molecule has 1 unspecified atom stereocenters. The number of hydrogen-bond donors (Lipinski definition) is 1. The number of aromatic nitrogens is 3. The van der Waals surface area contributed by atoms with E-state index in [0.29, 0.717) is 31.9 Å². The Labute approximate surface area is 158 Å². The van der Waals surface area contributed by atoms with Crippen molar-refractivity contribution in [2.45, 2.75) is 39.3 Å². The molecule has 27 heavy (non-hydrogen) atoms. The largest absolute Gasteiger partial charge is 0.459 e. The summed E-state index contributed by atoms with van der Waals surface area (Å²) in [5, 5.41) is 11.1. The Kier molecular flexibility index (Phi) is 6.10. The summed E-state index contributed by atoms with van der Waals surface area (Å²) in [6.45, 7) is 6.96. The Morgan fingerprint density at radius 3 is 2.78 bits per heavy atom. The maximum Gasteiger partial charge on any atom is 0.318 e. The number of rotatable bonds is 5. The maximum atomic E-state index is 12.7. The summed E-state index contributed by atoms with van der Waals surface area (Å²) >= 11 is 0. The molecular formula is C18H26N6O3. The number of carbonyl (C=O) groups is 2. The molecule has 1 aliphatic heterocycles. The van der Waals surface area contributed by atoms with Crippen molar-refractivity contribution < 1.29 is 14.0 Å². The predicted molar refractivity (Wildman–Crippen MR) is 98.1 cm³/mol. The molecule has 146 valence electrons. The number of hydrogen-bond acceptors (Lipinski definition) is 5. The van der Waals surface area contributed by atoms with Gasteiger partial charge in [0, 0.05) is 32.7 Å². The number of urea groups is 1. The van der Waals surface area contributed by atoms with Crippen LogP contribution in [0, 0.1) is 0 Å². The molecule has 1 aliphatic rings. The number of nitrogens with one attached hydrogen (secondary N) is 1. The third-order valence-corrected chi connectivity index (χ3v) is 4.64. The molecule has 0 radical (unpaired) electrons. The summed E-state index contributed by atoms with van der Waals surface area (Å²) < 4.78 is 7.14. The van der Waals surface area contributed by atoms with Crippen molar-refractivity contribution in [1.82, 2.24) is 29.9 Å². The van der Waals surface area contributed by atoms with E-state index < -0.39 is 0 Å². The van der Waals surface area contributed by atoms with Crippen LogP contribution >= 0.6 is 0 Å². The third kappa shape index (κ3) is 4.47. The first-order chi connectivity index (χ1) is 13.1. The Morgan fingerprint density at radius 2 is 2.04 bits per heavy atom. The first-order valence-electron chi connectivity index (χ1n) is 9.36. The molecule has 1 saturated heterocycles. The van der Waals surface area contributed by atoms with Gasteiger partial charge in [-0.25, -0.2) is 4.79 Å². The first kappa shape index (κ1) is 18.9. The van der Waals surface area contributed by atoms with Gasteiger partial charge in [0.15, 0.2) is 11.6 Å². The van der Waals surface area contributed by atoms with E-state index >= 15 is 0 Å². The Bertz CT molecular complexity index is 757. The first-order valence-corrected chi connectivity index (χ1v) is 9.36. The van der Waals surface area contributed by atoms with Crippen molar-refractivity contribution in [3.05, 3.63) is 36.3 Å². The van der Waals surface area contributed by atoms with Gasteiger partial charge in [0.1, 0.15) is 6.33 Å². The van der Waals surface area contributed by atoms with Gasteiger partial charge in [-0.15, -0.1) is 10.2 Å². The van der Waals surface area contributed by atoms with Gasteiger partial charge in [0.25, 0.3) is 5.91 Å². The van der Waals surface area contributed by atoms with E-state index in [1.54, 1.807) is 28.3 Å². The lowest BCUT2D eigenvalue weighted by Gasteiger charge is -2.24. The highest BCUT2D eigenvalue weighted by Crippen LogP contribution is 2.13. The smallest absolute Gasteiger partial charge is 0.318 e. The molecular weight excluding hydrogens is 348 g/mol.